The average Bonchev–Trinajstić information content (AvgIpc) is 2.42. The largest absolute Gasteiger partial charge is 0.370 e. The van der Waals surface area contributed by atoms with Crippen molar-refractivity contribution in [3.8, 4) is 0 Å². The molecule has 2 rings (SSSR count). The lowest BCUT2D eigenvalue weighted by atomic mass is 10.1. The molecule has 0 fully saturated rings. The van der Waals surface area contributed by atoms with Crippen molar-refractivity contribution >= 4 is 16.7 Å². The predicted molar refractivity (Wildman–Crippen MR) is 75.7 cm³/mol. The highest BCUT2D eigenvalue weighted by Crippen LogP contribution is 2.15. The van der Waals surface area contributed by atoms with Crippen LogP contribution in [0.4, 0.5) is 0 Å². The van der Waals surface area contributed by atoms with Gasteiger partial charge in [-0.2, -0.15) is 0 Å². The predicted octanol–water partition coefficient (Wildman–Crippen LogP) is 1.43. The second kappa shape index (κ2) is 6.87. The van der Waals surface area contributed by atoms with E-state index in [2.05, 4.69) is 35.6 Å². The van der Waals surface area contributed by atoms with Gasteiger partial charge in [0.05, 0.1) is 6.61 Å². The van der Waals surface area contributed by atoms with Gasteiger partial charge in [-0.15, -0.1) is 0 Å². The monoisotopic (exact) mass is 258 g/mol. The number of ether oxygens (including phenoxy) is 1. The Hall–Kier alpha value is -1.91. The van der Waals surface area contributed by atoms with Crippen molar-refractivity contribution in [1.29, 1.82) is 0 Å². The zero-order valence-electron chi connectivity index (χ0n) is 10.8. The molecule has 100 valence electrons. The molecule has 3 N–H and O–H groups in total. The summed E-state index contributed by atoms with van der Waals surface area (Å²) in [6, 6.07) is 14.7. The molecule has 0 atom stereocenters. The minimum absolute atomic E-state index is 0.0162. The first-order valence-corrected chi connectivity index (χ1v) is 6.30. The van der Waals surface area contributed by atoms with Crippen LogP contribution in [0.15, 0.2) is 42.5 Å². The molecule has 0 radical (unpaired) electrons. The Bertz CT molecular complexity index is 555. The van der Waals surface area contributed by atoms with Crippen LogP contribution in [0, 0.1) is 0 Å². The van der Waals surface area contributed by atoms with Gasteiger partial charge in [0.25, 0.3) is 0 Å². The van der Waals surface area contributed by atoms with Gasteiger partial charge in [-0.05, 0) is 22.4 Å². The summed E-state index contributed by atoms with van der Waals surface area (Å²) in [6.07, 6.45) is 0. The van der Waals surface area contributed by atoms with Crippen molar-refractivity contribution in [3.63, 3.8) is 0 Å². The highest BCUT2D eigenvalue weighted by molar-refractivity contribution is 5.82. The summed E-state index contributed by atoms with van der Waals surface area (Å²) in [5, 5.41) is 5.75. The van der Waals surface area contributed by atoms with Gasteiger partial charge < -0.3 is 15.8 Å². The van der Waals surface area contributed by atoms with E-state index in [-0.39, 0.29) is 6.61 Å². The molecule has 0 aliphatic heterocycles. The van der Waals surface area contributed by atoms with Crippen LogP contribution in [0.2, 0.25) is 0 Å². The molecule has 0 aliphatic rings. The third kappa shape index (κ3) is 4.35. The van der Waals surface area contributed by atoms with Crippen LogP contribution in [0.3, 0.4) is 0 Å². The molecule has 19 heavy (non-hydrogen) atoms. The fraction of sp³-hybridized carbons (Fsp3) is 0.267. The van der Waals surface area contributed by atoms with Crippen molar-refractivity contribution in [2.24, 2.45) is 5.73 Å². The summed E-state index contributed by atoms with van der Waals surface area (Å²) in [7, 11) is 0. The van der Waals surface area contributed by atoms with E-state index in [0.717, 1.165) is 6.54 Å². The first-order chi connectivity index (χ1) is 9.25. The SMILES string of the molecule is NC(=O)COCCNCc1ccc2ccccc2c1. The molecule has 0 aliphatic carbocycles. The summed E-state index contributed by atoms with van der Waals surface area (Å²) < 4.78 is 5.07. The lowest BCUT2D eigenvalue weighted by Gasteiger charge is -2.06. The number of fused-ring (bicyclic) bond motifs is 1. The third-order valence-corrected chi connectivity index (χ3v) is 2.81. The quantitative estimate of drug-likeness (QED) is 0.738. The number of amides is 1. The Kier molecular flexibility index (Phi) is 4.89. The maximum atomic E-state index is 10.5. The number of nitrogens with two attached hydrogens (primary N) is 1. The fourth-order valence-electron chi connectivity index (χ4n) is 1.90. The minimum atomic E-state index is -0.436. The Balaban J connectivity index is 1.77. The average molecular weight is 258 g/mol. The van der Waals surface area contributed by atoms with Gasteiger partial charge in [-0.1, -0.05) is 36.4 Å². The lowest BCUT2D eigenvalue weighted by Crippen LogP contribution is -2.23. The van der Waals surface area contributed by atoms with E-state index in [4.69, 9.17) is 10.5 Å². The van der Waals surface area contributed by atoms with E-state index in [1.807, 2.05) is 12.1 Å². The molecule has 0 heterocycles. The molecule has 2 aromatic carbocycles. The molecule has 4 heteroatoms. The molecule has 0 spiro atoms. The Morgan fingerprint density at radius 2 is 1.95 bits per heavy atom. The number of carbonyl (C=O) groups excluding carboxylic acids is 1. The summed E-state index contributed by atoms with van der Waals surface area (Å²) in [4.78, 5) is 10.5. The first-order valence-electron chi connectivity index (χ1n) is 6.30. The summed E-state index contributed by atoms with van der Waals surface area (Å²) >= 11 is 0. The van der Waals surface area contributed by atoms with E-state index in [1.165, 1.54) is 16.3 Å². The maximum Gasteiger partial charge on any atom is 0.243 e. The van der Waals surface area contributed by atoms with E-state index in [0.29, 0.717) is 13.2 Å². The molecular formula is C15H18N2O2. The molecule has 0 saturated heterocycles. The van der Waals surface area contributed by atoms with E-state index < -0.39 is 5.91 Å². The summed E-state index contributed by atoms with van der Waals surface area (Å²) in [5.74, 6) is -0.436. The molecule has 0 aromatic heterocycles. The van der Waals surface area contributed by atoms with Gasteiger partial charge in [-0.25, -0.2) is 0 Å². The standard InChI is InChI=1S/C15H18N2O2/c16-15(18)11-19-8-7-17-10-12-5-6-13-3-1-2-4-14(13)9-12/h1-6,9,17H,7-8,10-11H2,(H2,16,18). The molecule has 4 nitrogen and oxygen atoms in total. The highest BCUT2D eigenvalue weighted by Gasteiger charge is 1.97. The Morgan fingerprint density at radius 3 is 2.74 bits per heavy atom. The Morgan fingerprint density at radius 1 is 1.16 bits per heavy atom. The van der Waals surface area contributed by atoms with Crippen LogP contribution < -0.4 is 11.1 Å². The number of carbonyl (C=O) groups is 1. The lowest BCUT2D eigenvalue weighted by molar-refractivity contribution is -0.122. The minimum Gasteiger partial charge on any atom is -0.370 e. The van der Waals surface area contributed by atoms with Crippen LogP contribution in [0.5, 0.6) is 0 Å². The smallest absolute Gasteiger partial charge is 0.243 e. The van der Waals surface area contributed by atoms with Gasteiger partial charge >= 0.3 is 0 Å². The summed E-state index contributed by atoms with van der Waals surface area (Å²) in [6.45, 7) is 1.94. The molecule has 1 amide bonds. The molecular weight excluding hydrogens is 240 g/mol. The number of hydrogen-bond acceptors (Lipinski definition) is 3. The fourth-order valence-corrected chi connectivity index (χ4v) is 1.90. The van der Waals surface area contributed by atoms with Crippen LogP contribution >= 0.6 is 0 Å². The number of hydrogen-bond donors (Lipinski definition) is 2. The van der Waals surface area contributed by atoms with Gasteiger partial charge in [0.2, 0.25) is 5.91 Å². The first kappa shape index (κ1) is 13.5. The zero-order valence-corrected chi connectivity index (χ0v) is 10.8. The van der Waals surface area contributed by atoms with Gasteiger partial charge in [0, 0.05) is 13.1 Å². The van der Waals surface area contributed by atoms with Crippen LogP contribution in [-0.4, -0.2) is 25.7 Å². The highest BCUT2D eigenvalue weighted by atomic mass is 16.5. The Labute approximate surface area is 112 Å². The molecule has 0 bridgehead atoms. The second-order valence-electron chi connectivity index (χ2n) is 4.38. The molecule has 0 saturated carbocycles. The number of rotatable bonds is 7. The van der Waals surface area contributed by atoms with E-state index >= 15 is 0 Å². The molecule has 2 aromatic rings. The van der Waals surface area contributed by atoms with Crippen molar-refractivity contribution in [3.05, 3.63) is 48.0 Å². The topological polar surface area (TPSA) is 64.4 Å². The normalized spacial score (nSPS) is 10.7. The maximum absolute atomic E-state index is 10.5. The number of benzene rings is 2. The van der Waals surface area contributed by atoms with Crippen molar-refractivity contribution < 1.29 is 9.53 Å². The van der Waals surface area contributed by atoms with E-state index in [9.17, 15) is 4.79 Å². The van der Waals surface area contributed by atoms with Gasteiger partial charge in [-0.3, -0.25) is 4.79 Å². The van der Waals surface area contributed by atoms with Gasteiger partial charge in [0.15, 0.2) is 0 Å². The van der Waals surface area contributed by atoms with Crippen LogP contribution in [0.25, 0.3) is 10.8 Å². The number of primary amides is 1. The van der Waals surface area contributed by atoms with Crippen molar-refractivity contribution in [2.45, 2.75) is 6.54 Å². The van der Waals surface area contributed by atoms with Crippen molar-refractivity contribution in [1.82, 2.24) is 5.32 Å². The van der Waals surface area contributed by atoms with Crippen LogP contribution in [-0.2, 0) is 16.1 Å². The van der Waals surface area contributed by atoms with Gasteiger partial charge in [0.1, 0.15) is 6.61 Å². The number of nitrogens with one attached hydrogen (secondary N) is 1. The second-order valence-corrected chi connectivity index (χ2v) is 4.38. The molecule has 0 unspecified atom stereocenters. The summed E-state index contributed by atoms with van der Waals surface area (Å²) in [5.41, 5.74) is 6.20. The van der Waals surface area contributed by atoms with E-state index in [1.54, 1.807) is 0 Å². The van der Waals surface area contributed by atoms with Crippen molar-refractivity contribution in [2.75, 3.05) is 19.8 Å². The zero-order chi connectivity index (χ0) is 13.5. The van der Waals surface area contributed by atoms with Crippen LogP contribution in [0.1, 0.15) is 5.56 Å². The third-order valence-electron chi connectivity index (χ3n) is 2.81.